The molecule has 0 spiro atoms. The predicted octanol–water partition coefficient (Wildman–Crippen LogP) is 16.5. The third-order valence-electron chi connectivity index (χ3n) is 12.8. The van der Waals surface area contributed by atoms with Gasteiger partial charge in [-0.05, 0) is 116 Å². The van der Waals surface area contributed by atoms with Crippen LogP contribution in [-0.4, -0.2) is 0 Å². The summed E-state index contributed by atoms with van der Waals surface area (Å²) in [6.07, 6.45) is 4.65. The van der Waals surface area contributed by atoms with E-state index in [1.807, 2.05) is 18.2 Å². The van der Waals surface area contributed by atoms with E-state index < -0.39 is 0 Å². The molecule has 0 saturated heterocycles. The Morgan fingerprint density at radius 3 is 1.90 bits per heavy atom. The van der Waals surface area contributed by atoms with E-state index in [1.165, 1.54) is 55.1 Å². The Balaban J connectivity index is 0.978. The molecule has 3 heteroatoms. The summed E-state index contributed by atoms with van der Waals surface area (Å²) in [6, 6.07) is 74.1. The zero-order valence-corrected chi connectivity index (χ0v) is 33.6. The Morgan fingerprint density at radius 2 is 1.05 bits per heavy atom. The molecule has 0 radical (unpaired) electrons. The average molecular weight is 792 g/mol. The lowest BCUT2D eigenvalue weighted by Crippen LogP contribution is -2.12. The van der Waals surface area contributed by atoms with Crippen LogP contribution >= 0.6 is 0 Å². The summed E-state index contributed by atoms with van der Waals surface area (Å²) in [5.41, 5.74) is 18.1. The molecule has 0 saturated carbocycles. The maximum absolute atomic E-state index is 6.45. The van der Waals surface area contributed by atoms with Gasteiger partial charge in [-0.1, -0.05) is 158 Å². The molecule has 0 amide bonds. The standard InChI is InChI=1S/C59H37NO2/c1-2-13-38(14-3-1)44-22-11-15-39-16-12-23-47(58(39)44)45-19-4-7-24-53(45)60(42-30-27-37(28-31-42)40-29-32-56-51(34-40)46-20-5-8-25-54(46)61-56)43-18-10-17-41(33-43)49-36-57-59(52-35-50(49)52)48-21-6-9-26-55(48)62-57/h1-36,50H/t50-/m0/s1. The number of hydrogen-bond acceptors (Lipinski definition) is 3. The van der Waals surface area contributed by atoms with Crippen LogP contribution in [0.1, 0.15) is 16.9 Å². The first-order chi connectivity index (χ1) is 30.7. The maximum Gasteiger partial charge on any atom is 0.136 e. The molecule has 62 heavy (non-hydrogen) atoms. The molecule has 0 unspecified atom stereocenters. The van der Waals surface area contributed by atoms with Crippen molar-refractivity contribution in [3.05, 3.63) is 229 Å². The molecule has 2 aliphatic carbocycles. The Labute approximate surface area is 358 Å². The van der Waals surface area contributed by atoms with Crippen molar-refractivity contribution in [3.8, 4) is 33.4 Å². The van der Waals surface area contributed by atoms with Gasteiger partial charge in [0.1, 0.15) is 22.5 Å². The van der Waals surface area contributed by atoms with Crippen LogP contribution < -0.4 is 4.90 Å². The summed E-state index contributed by atoms with van der Waals surface area (Å²) in [7, 11) is 0. The second-order valence-electron chi connectivity index (χ2n) is 16.4. The molecule has 2 aliphatic rings. The summed E-state index contributed by atoms with van der Waals surface area (Å²) >= 11 is 0. The molecule has 1 atom stereocenters. The average Bonchev–Trinajstić information content (AvgIpc) is 3.91. The molecular weight excluding hydrogens is 755 g/mol. The van der Waals surface area contributed by atoms with E-state index in [0.717, 1.165) is 67.0 Å². The third-order valence-corrected chi connectivity index (χ3v) is 12.8. The van der Waals surface area contributed by atoms with Crippen molar-refractivity contribution < 1.29 is 8.83 Å². The van der Waals surface area contributed by atoms with Gasteiger partial charge in [-0.3, -0.25) is 0 Å². The highest BCUT2D eigenvalue weighted by Crippen LogP contribution is 2.56. The van der Waals surface area contributed by atoms with Gasteiger partial charge in [0.15, 0.2) is 0 Å². The van der Waals surface area contributed by atoms with Crippen LogP contribution in [0.15, 0.2) is 221 Å². The highest BCUT2D eigenvalue weighted by atomic mass is 16.3. The Kier molecular flexibility index (Phi) is 7.67. The van der Waals surface area contributed by atoms with Gasteiger partial charge in [0.25, 0.3) is 0 Å². The number of anilines is 3. The SMILES string of the molecule is C1=C(c2cccc(N(c3ccc(-c4ccc5oc6ccccc6c5c4)cc3)c3ccccc3-c3cccc4cccc(-c5ccccc5)c34)c2)[C@@H]2C=C2c2c1oc1ccccc21. The third kappa shape index (κ3) is 5.52. The van der Waals surface area contributed by atoms with Crippen LogP contribution in [-0.2, 0) is 0 Å². The normalized spacial score (nSPS) is 14.2. The number of rotatable bonds is 7. The lowest BCUT2D eigenvalue weighted by Gasteiger charge is -2.29. The Hall–Kier alpha value is -8.14. The number of hydrogen-bond donors (Lipinski definition) is 0. The van der Waals surface area contributed by atoms with Crippen molar-refractivity contribution in [1.82, 2.24) is 0 Å². The second kappa shape index (κ2) is 13.7. The lowest BCUT2D eigenvalue weighted by atomic mass is 9.89. The maximum atomic E-state index is 6.45. The number of furan rings is 2. The fourth-order valence-corrected chi connectivity index (χ4v) is 9.87. The van der Waals surface area contributed by atoms with Crippen molar-refractivity contribution in [2.24, 2.45) is 5.92 Å². The van der Waals surface area contributed by atoms with Gasteiger partial charge in [-0.25, -0.2) is 0 Å². The van der Waals surface area contributed by atoms with Gasteiger partial charge in [-0.2, -0.15) is 0 Å². The van der Waals surface area contributed by atoms with Crippen LogP contribution in [0, 0.1) is 5.92 Å². The van der Waals surface area contributed by atoms with E-state index >= 15 is 0 Å². The quantitative estimate of drug-likeness (QED) is 0.161. The van der Waals surface area contributed by atoms with E-state index in [9.17, 15) is 0 Å². The minimum atomic E-state index is 0.274. The van der Waals surface area contributed by atoms with Gasteiger partial charge < -0.3 is 13.7 Å². The first-order valence-electron chi connectivity index (χ1n) is 21.3. The van der Waals surface area contributed by atoms with Crippen molar-refractivity contribution in [3.63, 3.8) is 0 Å². The summed E-state index contributed by atoms with van der Waals surface area (Å²) < 4.78 is 12.6. The van der Waals surface area contributed by atoms with E-state index in [0.29, 0.717) is 0 Å². The smallest absolute Gasteiger partial charge is 0.136 e. The number of para-hydroxylation sites is 3. The molecule has 0 fully saturated rings. The summed E-state index contributed by atoms with van der Waals surface area (Å²) in [4.78, 5) is 2.43. The molecule has 0 aliphatic heterocycles. The van der Waals surface area contributed by atoms with Crippen LogP contribution in [0.25, 0.3) is 94.3 Å². The highest BCUT2D eigenvalue weighted by Gasteiger charge is 2.38. The topological polar surface area (TPSA) is 29.5 Å². The van der Waals surface area contributed by atoms with E-state index in [4.69, 9.17) is 8.83 Å². The van der Waals surface area contributed by atoms with Crippen molar-refractivity contribution in [2.75, 3.05) is 4.90 Å². The molecule has 290 valence electrons. The van der Waals surface area contributed by atoms with Gasteiger partial charge in [0, 0.05) is 44.6 Å². The predicted molar refractivity (Wildman–Crippen MR) is 258 cm³/mol. The van der Waals surface area contributed by atoms with E-state index in [-0.39, 0.29) is 5.92 Å². The fourth-order valence-electron chi connectivity index (χ4n) is 9.87. The summed E-state index contributed by atoms with van der Waals surface area (Å²) in [5, 5.41) is 5.89. The molecule has 2 aromatic heterocycles. The molecule has 13 rings (SSSR count). The summed E-state index contributed by atoms with van der Waals surface area (Å²) in [5.74, 6) is 1.21. The van der Waals surface area contributed by atoms with E-state index in [1.54, 1.807) is 0 Å². The number of allylic oxidation sites excluding steroid dienone is 3. The Bertz CT molecular complexity index is 3630. The molecule has 0 bridgehead atoms. The first kappa shape index (κ1) is 34.7. The molecule has 0 N–H and O–H groups in total. The van der Waals surface area contributed by atoms with Crippen molar-refractivity contribution >= 4 is 78.0 Å². The van der Waals surface area contributed by atoms with Crippen LogP contribution in [0.3, 0.4) is 0 Å². The molecular formula is C59H37NO2. The van der Waals surface area contributed by atoms with Gasteiger partial charge in [-0.15, -0.1) is 0 Å². The van der Waals surface area contributed by atoms with E-state index in [2.05, 4.69) is 205 Å². The van der Waals surface area contributed by atoms with Gasteiger partial charge in [0.05, 0.1) is 5.69 Å². The number of fused-ring (bicyclic) bond motifs is 9. The minimum Gasteiger partial charge on any atom is -0.456 e. The largest absolute Gasteiger partial charge is 0.456 e. The molecule has 11 aromatic rings. The molecule has 9 aromatic carbocycles. The zero-order chi connectivity index (χ0) is 40.7. The van der Waals surface area contributed by atoms with Crippen LogP contribution in [0.4, 0.5) is 17.1 Å². The van der Waals surface area contributed by atoms with Crippen LogP contribution in [0.5, 0.6) is 0 Å². The lowest BCUT2D eigenvalue weighted by molar-refractivity contribution is 0.602. The monoisotopic (exact) mass is 791 g/mol. The van der Waals surface area contributed by atoms with Crippen LogP contribution in [0.2, 0.25) is 0 Å². The zero-order valence-electron chi connectivity index (χ0n) is 33.6. The van der Waals surface area contributed by atoms with Gasteiger partial charge >= 0.3 is 0 Å². The minimum absolute atomic E-state index is 0.274. The Morgan fingerprint density at radius 1 is 0.387 bits per heavy atom. The second-order valence-corrected chi connectivity index (χ2v) is 16.4. The molecule has 3 nitrogen and oxygen atoms in total. The first-order valence-corrected chi connectivity index (χ1v) is 21.3. The van der Waals surface area contributed by atoms with Crippen molar-refractivity contribution in [2.45, 2.75) is 0 Å². The molecule has 2 heterocycles. The summed E-state index contributed by atoms with van der Waals surface area (Å²) in [6.45, 7) is 0. The fraction of sp³-hybridized carbons (Fsp3) is 0.0169. The van der Waals surface area contributed by atoms with Gasteiger partial charge in [0.2, 0.25) is 0 Å². The number of nitrogens with zero attached hydrogens (tertiary/aromatic N) is 1. The highest BCUT2D eigenvalue weighted by molar-refractivity contribution is 6.12. The van der Waals surface area contributed by atoms with Crippen molar-refractivity contribution in [1.29, 1.82) is 0 Å². The number of benzene rings is 9.